The van der Waals surface area contributed by atoms with Crippen LogP contribution in [-0.4, -0.2) is 24.5 Å². The highest BCUT2D eigenvalue weighted by molar-refractivity contribution is 5.78. The highest BCUT2D eigenvalue weighted by atomic mass is 16.2. The molecule has 0 bridgehead atoms. The zero-order chi connectivity index (χ0) is 11.6. The minimum atomic E-state index is 0.173. The number of hydrogen-bond acceptors (Lipinski definition) is 2. The van der Waals surface area contributed by atoms with Crippen molar-refractivity contribution in [1.29, 1.82) is 0 Å². The van der Waals surface area contributed by atoms with Crippen LogP contribution in [0.2, 0.25) is 0 Å². The third-order valence-electron chi connectivity index (χ3n) is 3.97. The van der Waals surface area contributed by atoms with E-state index in [1.807, 2.05) is 0 Å². The van der Waals surface area contributed by atoms with E-state index in [0.29, 0.717) is 18.6 Å². The van der Waals surface area contributed by atoms with Crippen molar-refractivity contribution in [1.82, 2.24) is 10.6 Å². The van der Waals surface area contributed by atoms with Crippen molar-refractivity contribution in [2.45, 2.75) is 64.5 Å². The number of amides is 1. The van der Waals surface area contributed by atoms with Crippen molar-refractivity contribution >= 4 is 5.91 Å². The van der Waals surface area contributed by atoms with Gasteiger partial charge in [0.25, 0.3) is 0 Å². The summed E-state index contributed by atoms with van der Waals surface area (Å²) in [6, 6.07) is 0.986. The lowest BCUT2D eigenvalue weighted by atomic mass is 9.73. The van der Waals surface area contributed by atoms with Gasteiger partial charge in [0, 0.05) is 12.1 Å². The minimum Gasteiger partial charge on any atom is -0.352 e. The molecule has 2 aliphatic carbocycles. The number of hydrogen-bond donors (Lipinski definition) is 2. The zero-order valence-corrected chi connectivity index (χ0v) is 10.5. The van der Waals surface area contributed by atoms with Crippen molar-refractivity contribution in [3.8, 4) is 0 Å². The number of carbonyl (C=O) groups excluding carboxylic acids is 1. The molecule has 1 unspecified atom stereocenters. The summed E-state index contributed by atoms with van der Waals surface area (Å²) >= 11 is 0. The average molecular weight is 224 g/mol. The molecule has 3 nitrogen and oxygen atoms in total. The Hall–Kier alpha value is -0.570. The second kappa shape index (κ2) is 4.74. The Morgan fingerprint density at radius 2 is 2.00 bits per heavy atom. The predicted molar refractivity (Wildman–Crippen MR) is 65.2 cm³/mol. The normalized spacial score (nSPS) is 28.8. The maximum Gasteiger partial charge on any atom is 0.234 e. The lowest BCUT2D eigenvalue weighted by Crippen LogP contribution is -2.49. The van der Waals surface area contributed by atoms with Gasteiger partial charge in [-0.2, -0.15) is 0 Å². The van der Waals surface area contributed by atoms with Gasteiger partial charge in [-0.3, -0.25) is 4.79 Å². The topological polar surface area (TPSA) is 41.1 Å². The lowest BCUT2D eigenvalue weighted by Gasteiger charge is -2.39. The van der Waals surface area contributed by atoms with Gasteiger partial charge >= 0.3 is 0 Å². The van der Waals surface area contributed by atoms with E-state index in [9.17, 15) is 4.79 Å². The Bertz CT molecular complexity index is 259. The van der Waals surface area contributed by atoms with Crippen molar-refractivity contribution in [2.24, 2.45) is 5.41 Å². The molecule has 2 saturated carbocycles. The van der Waals surface area contributed by atoms with E-state index in [1.54, 1.807) is 0 Å². The fourth-order valence-corrected chi connectivity index (χ4v) is 2.53. The summed E-state index contributed by atoms with van der Waals surface area (Å²) in [5.74, 6) is 0.173. The molecule has 0 spiro atoms. The van der Waals surface area contributed by atoms with Crippen LogP contribution in [-0.2, 0) is 4.79 Å². The molecule has 92 valence electrons. The molecular formula is C13H24N2O. The molecule has 2 aliphatic rings. The van der Waals surface area contributed by atoms with Gasteiger partial charge in [-0.05, 0) is 31.1 Å². The van der Waals surface area contributed by atoms with E-state index in [1.165, 1.54) is 32.1 Å². The van der Waals surface area contributed by atoms with E-state index in [0.717, 1.165) is 6.42 Å². The average Bonchev–Trinajstić information content (AvgIpc) is 3.02. The largest absolute Gasteiger partial charge is 0.352 e. The molecule has 16 heavy (non-hydrogen) atoms. The SMILES string of the molecule is CC1(C)CCCCC1NC(=O)CNC1CC1. The third-order valence-corrected chi connectivity index (χ3v) is 3.97. The molecular weight excluding hydrogens is 200 g/mol. The molecule has 0 aromatic rings. The Morgan fingerprint density at radius 3 is 2.62 bits per heavy atom. The first kappa shape index (κ1) is 11.9. The first-order valence-corrected chi connectivity index (χ1v) is 6.61. The van der Waals surface area contributed by atoms with Gasteiger partial charge in [0.05, 0.1) is 6.54 Å². The molecule has 0 aromatic carbocycles. The van der Waals surface area contributed by atoms with Crippen LogP contribution >= 0.6 is 0 Å². The third kappa shape index (κ3) is 3.21. The van der Waals surface area contributed by atoms with Crippen LogP contribution in [0.15, 0.2) is 0 Å². The molecule has 2 fully saturated rings. The van der Waals surface area contributed by atoms with Crippen LogP contribution in [0.25, 0.3) is 0 Å². The standard InChI is InChI=1S/C13H24N2O/c1-13(2)8-4-3-5-11(13)15-12(16)9-14-10-6-7-10/h10-11,14H,3-9H2,1-2H3,(H,15,16). The molecule has 0 saturated heterocycles. The van der Waals surface area contributed by atoms with Gasteiger partial charge in [-0.15, -0.1) is 0 Å². The molecule has 3 heteroatoms. The molecule has 0 radical (unpaired) electrons. The molecule has 2 rings (SSSR count). The van der Waals surface area contributed by atoms with E-state index in [2.05, 4.69) is 24.5 Å². The maximum atomic E-state index is 11.8. The zero-order valence-electron chi connectivity index (χ0n) is 10.5. The van der Waals surface area contributed by atoms with Gasteiger partial charge in [-0.1, -0.05) is 26.7 Å². The molecule has 0 aromatic heterocycles. The highest BCUT2D eigenvalue weighted by Crippen LogP contribution is 2.35. The van der Waals surface area contributed by atoms with Gasteiger partial charge in [0.15, 0.2) is 0 Å². The summed E-state index contributed by atoms with van der Waals surface area (Å²) in [4.78, 5) is 11.8. The lowest BCUT2D eigenvalue weighted by molar-refractivity contribution is -0.122. The number of carbonyl (C=O) groups is 1. The summed E-state index contributed by atoms with van der Waals surface area (Å²) in [6.45, 7) is 5.04. The molecule has 1 amide bonds. The molecule has 2 N–H and O–H groups in total. The van der Waals surface area contributed by atoms with Gasteiger partial charge in [-0.25, -0.2) is 0 Å². The van der Waals surface area contributed by atoms with E-state index in [-0.39, 0.29) is 11.3 Å². The Balaban J connectivity index is 1.75. The van der Waals surface area contributed by atoms with Crippen LogP contribution in [0.1, 0.15) is 52.4 Å². The Kier molecular flexibility index (Phi) is 3.53. The number of rotatable bonds is 4. The first-order valence-electron chi connectivity index (χ1n) is 6.61. The van der Waals surface area contributed by atoms with Crippen LogP contribution in [0.4, 0.5) is 0 Å². The van der Waals surface area contributed by atoms with Crippen molar-refractivity contribution in [3.05, 3.63) is 0 Å². The van der Waals surface area contributed by atoms with Crippen molar-refractivity contribution in [3.63, 3.8) is 0 Å². The molecule has 0 heterocycles. The monoisotopic (exact) mass is 224 g/mol. The van der Waals surface area contributed by atoms with Crippen molar-refractivity contribution in [2.75, 3.05) is 6.54 Å². The quantitative estimate of drug-likeness (QED) is 0.765. The van der Waals surface area contributed by atoms with Crippen LogP contribution < -0.4 is 10.6 Å². The molecule has 0 aliphatic heterocycles. The Morgan fingerprint density at radius 1 is 1.25 bits per heavy atom. The summed E-state index contributed by atoms with van der Waals surface area (Å²) in [6.07, 6.45) is 7.41. The highest BCUT2D eigenvalue weighted by Gasteiger charge is 2.33. The minimum absolute atomic E-state index is 0.173. The fourth-order valence-electron chi connectivity index (χ4n) is 2.53. The van der Waals surface area contributed by atoms with E-state index in [4.69, 9.17) is 0 Å². The van der Waals surface area contributed by atoms with Crippen molar-refractivity contribution < 1.29 is 4.79 Å². The number of nitrogens with one attached hydrogen (secondary N) is 2. The second-order valence-corrected chi connectivity index (χ2v) is 6.01. The second-order valence-electron chi connectivity index (χ2n) is 6.01. The fraction of sp³-hybridized carbons (Fsp3) is 0.923. The maximum absolute atomic E-state index is 11.8. The van der Waals surface area contributed by atoms with E-state index >= 15 is 0 Å². The predicted octanol–water partition coefficient (Wildman–Crippen LogP) is 1.82. The Labute approximate surface area is 98.4 Å². The van der Waals surface area contributed by atoms with Crippen LogP contribution in [0, 0.1) is 5.41 Å². The van der Waals surface area contributed by atoms with Crippen LogP contribution in [0.5, 0.6) is 0 Å². The molecule has 1 atom stereocenters. The summed E-state index contributed by atoms with van der Waals surface area (Å²) in [7, 11) is 0. The van der Waals surface area contributed by atoms with E-state index < -0.39 is 0 Å². The summed E-state index contributed by atoms with van der Waals surface area (Å²) in [5.41, 5.74) is 0.271. The summed E-state index contributed by atoms with van der Waals surface area (Å²) in [5, 5.41) is 6.45. The summed E-state index contributed by atoms with van der Waals surface area (Å²) < 4.78 is 0. The first-order chi connectivity index (χ1) is 7.58. The smallest absolute Gasteiger partial charge is 0.234 e. The van der Waals surface area contributed by atoms with Gasteiger partial charge < -0.3 is 10.6 Å². The van der Waals surface area contributed by atoms with Gasteiger partial charge in [0.1, 0.15) is 0 Å². The van der Waals surface area contributed by atoms with Gasteiger partial charge in [0.2, 0.25) is 5.91 Å². The van der Waals surface area contributed by atoms with Crippen LogP contribution in [0.3, 0.4) is 0 Å².